The SMILES string of the molecule is CS(=O)(=O)NCC(=O)N1CC[C@@H](O)[C@@](CO)(Cc2ccccc2)C1. The maximum Gasteiger partial charge on any atom is 0.237 e. The van der Waals surface area contributed by atoms with Crippen LogP contribution in [0.1, 0.15) is 12.0 Å². The van der Waals surface area contributed by atoms with E-state index in [0.717, 1.165) is 11.8 Å². The van der Waals surface area contributed by atoms with Crippen LogP contribution in [0.3, 0.4) is 0 Å². The lowest BCUT2D eigenvalue weighted by Gasteiger charge is -2.45. The van der Waals surface area contributed by atoms with Crippen molar-refractivity contribution in [1.82, 2.24) is 9.62 Å². The van der Waals surface area contributed by atoms with E-state index in [2.05, 4.69) is 4.72 Å². The molecule has 0 aromatic heterocycles. The molecule has 0 aliphatic carbocycles. The number of carbonyl (C=O) groups excluding carboxylic acids is 1. The summed E-state index contributed by atoms with van der Waals surface area (Å²) in [6.45, 7) is -0.0556. The third-order valence-electron chi connectivity index (χ3n) is 4.44. The Morgan fingerprint density at radius 3 is 2.62 bits per heavy atom. The van der Waals surface area contributed by atoms with Crippen LogP contribution in [0, 0.1) is 5.41 Å². The van der Waals surface area contributed by atoms with E-state index in [4.69, 9.17) is 0 Å². The van der Waals surface area contributed by atoms with Crippen molar-refractivity contribution in [2.24, 2.45) is 5.41 Å². The summed E-state index contributed by atoms with van der Waals surface area (Å²) in [6.07, 6.45) is 1.05. The van der Waals surface area contributed by atoms with Gasteiger partial charge in [-0.15, -0.1) is 0 Å². The van der Waals surface area contributed by atoms with E-state index in [0.29, 0.717) is 19.4 Å². The number of aliphatic hydroxyl groups is 2. The molecule has 24 heavy (non-hydrogen) atoms. The molecule has 7 nitrogen and oxygen atoms in total. The first-order chi connectivity index (χ1) is 11.3. The Labute approximate surface area is 142 Å². The average molecular weight is 356 g/mol. The molecular formula is C16H24N2O5S. The molecule has 1 saturated heterocycles. The summed E-state index contributed by atoms with van der Waals surface area (Å²) in [5.74, 6) is -0.363. The van der Waals surface area contributed by atoms with Crippen LogP contribution in [0.25, 0.3) is 0 Å². The fraction of sp³-hybridized carbons (Fsp3) is 0.562. The molecular weight excluding hydrogens is 332 g/mol. The van der Waals surface area contributed by atoms with Crippen LogP contribution in [0.2, 0.25) is 0 Å². The maximum absolute atomic E-state index is 12.2. The zero-order valence-corrected chi connectivity index (χ0v) is 14.5. The molecule has 1 amide bonds. The minimum atomic E-state index is -3.45. The lowest BCUT2D eigenvalue weighted by Crippen LogP contribution is -2.57. The maximum atomic E-state index is 12.2. The minimum absolute atomic E-state index is 0.184. The molecule has 2 atom stereocenters. The van der Waals surface area contributed by atoms with E-state index < -0.39 is 21.5 Å². The molecule has 1 heterocycles. The van der Waals surface area contributed by atoms with Gasteiger partial charge in [0.2, 0.25) is 15.9 Å². The van der Waals surface area contributed by atoms with Crippen LogP contribution in [0.15, 0.2) is 30.3 Å². The second kappa shape index (κ2) is 7.60. The van der Waals surface area contributed by atoms with E-state index >= 15 is 0 Å². The summed E-state index contributed by atoms with van der Waals surface area (Å²) in [5, 5.41) is 20.4. The molecule has 2 rings (SSSR count). The Balaban J connectivity index is 2.11. The fourth-order valence-electron chi connectivity index (χ4n) is 3.05. The number of nitrogens with one attached hydrogen (secondary N) is 1. The number of aliphatic hydroxyl groups excluding tert-OH is 2. The molecule has 1 fully saturated rings. The first-order valence-electron chi connectivity index (χ1n) is 7.81. The quantitative estimate of drug-likeness (QED) is 0.628. The number of rotatable bonds is 6. The van der Waals surface area contributed by atoms with E-state index in [1.54, 1.807) is 0 Å². The second-order valence-electron chi connectivity index (χ2n) is 6.40. The number of carbonyl (C=O) groups is 1. The summed E-state index contributed by atoms with van der Waals surface area (Å²) in [7, 11) is -3.45. The average Bonchev–Trinajstić information content (AvgIpc) is 2.55. The summed E-state index contributed by atoms with van der Waals surface area (Å²) in [4.78, 5) is 13.7. The van der Waals surface area contributed by atoms with Gasteiger partial charge in [-0.1, -0.05) is 30.3 Å². The Morgan fingerprint density at radius 2 is 2.04 bits per heavy atom. The van der Waals surface area contributed by atoms with Crippen LogP contribution in [0.5, 0.6) is 0 Å². The van der Waals surface area contributed by atoms with Gasteiger partial charge in [-0.25, -0.2) is 13.1 Å². The molecule has 0 saturated carbocycles. The third-order valence-corrected chi connectivity index (χ3v) is 5.11. The van der Waals surface area contributed by atoms with Crippen LogP contribution < -0.4 is 4.72 Å². The molecule has 3 N–H and O–H groups in total. The number of hydrogen-bond acceptors (Lipinski definition) is 5. The van der Waals surface area contributed by atoms with Crippen molar-refractivity contribution in [1.29, 1.82) is 0 Å². The zero-order valence-electron chi connectivity index (χ0n) is 13.7. The predicted octanol–water partition coefficient (Wildman–Crippen LogP) is -0.650. The van der Waals surface area contributed by atoms with E-state index in [-0.39, 0.29) is 25.6 Å². The highest BCUT2D eigenvalue weighted by molar-refractivity contribution is 7.88. The molecule has 0 unspecified atom stereocenters. The minimum Gasteiger partial charge on any atom is -0.396 e. The molecule has 1 aliphatic heterocycles. The molecule has 1 aliphatic rings. The van der Waals surface area contributed by atoms with Gasteiger partial charge in [0.15, 0.2) is 0 Å². The van der Waals surface area contributed by atoms with Crippen molar-refractivity contribution in [3.8, 4) is 0 Å². The molecule has 8 heteroatoms. The number of benzene rings is 1. The zero-order chi connectivity index (χ0) is 17.8. The highest BCUT2D eigenvalue weighted by atomic mass is 32.2. The summed E-state index contributed by atoms with van der Waals surface area (Å²) < 4.78 is 24.4. The number of hydrogen-bond donors (Lipinski definition) is 3. The number of sulfonamides is 1. The van der Waals surface area contributed by atoms with Gasteiger partial charge in [0, 0.05) is 18.5 Å². The number of piperidine rings is 1. The van der Waals surface area contributed by atoms with Gasteiger partial charge in [-0.05, 0) is 18.4 Å². The van der Waals surface area contributed by atoms with Gasteiger partial charge in [-0.3, -0.25) is 4.79 Å². The van der Waals surface area contributed by atoms with Gasteiger partial charge in [-0.2, -0.15) is 0 Å². The van der Waals surface area contributed by atoms with Crippen molar-refractivity contribution in [2.75, 3.05) is 32.5 Å². The van der Waals surface area contributed by atoms with E-state index in [9.17, 15) is 23.4 Å². The van der Waals surface area contributed by atoms with Gasteiger partial charge in [0.25, 0.3) is 0 Å². The van der Waals surface area contributed by atoms with Crippen LogP contribution in [-0.2, 0) is 21.2 Å². The first kappa shape index (κ1) is 18.9. The number of likely N-dealkylation sites (tertiary alicyclic amines) is 1. The topological polar surface area (TPSA) is 107 Å². The molecule has 1 aromatic carbocycles. The molecule has 0 spiro atoms. The van der Waals surface area contributed by atoms with Gasteiger partial charge < -0.3 is 15.1 Å². The van der Waals surface area contributed by atoms with E-state index in [1.165, 1.54) is 4.90 Å². The highest BCUT2D eigenvalue weighted by Crippen LogP contribution is 2.33. The van der Waals surface area contributed by atoms with Crippen molar-refractivity contribution < 1.29 is 23.4 Å². The Kier molecular flexibility index (Phi) is 5.97. The van der Waals surface area contributed by atoms with Gasteiger partial charge in [0.1, 0.15) is 0 Å². The smallest absolute Gasteiger partial charge is 0.237 e. The number of amides is 1. The third kappa shape index (κ3) is 4.76. The predicted molar refractivity (Wildman–Crippen MR) is 89.7 cm³/mol. The van der Waals surface area contributed by atoms with Gasteiger partial charge >= 0.3 is 0 Å². The van der Waals surface area contributed by atoms with E-state index in [1.807, 2.05) is 30.3 Å². The lowest BCUT2D eigenvalue weighted by molar-refractivity contribution is -0.140. The Hall–Kier alpha value is -1.48. The monoisotopic (exact) mass is 356 g/mol. The van der Waals surface area contributed by atoms with Crippen molar-refractivity contribution in [3.63, 3.8) is 0 Å². The summed E-state index contributed by atoms with van der Waals surface area (Å²) >= 11 is 0. The van der Waals surface area contributed by atoms with Crippen molar-refractivity contribution in [2.45, 2.75) is 18.9 Å². The first-order valence-corrected chi connectivity index (χ1v) is 9.70. The molecule has 1 aromatic rings. The largest absolute Gasteiger partial charge is 0.396 e. The lowest BCUT2D eigenvalue weighted by atomic mass is 9.73. The van der Waals surface area contributed by atoms with Crippen LogP contribution in [-0.4, -0.2) is 68.0 Å². The second-order valence-corrected chi connectivity index (χ2v) is 8.23. The number of nitrogens with zero attached hydrogens (tertiary/aromatic N) is 1. The van der Waals surface area contributed by atoms with Crippen molar-refractivity contribution >= 4 is 15.9 Å². The molecule has 134 valence electrons. The Bertz CT molecular complexity index is 664. The normalized spacial score (nSPS) is 24.8. The standard InChI is InChI=1S/C16H24N2O5S/c1-24(22,23)17-10-15(21)18-8-7-14(20)16(11-18,12-19)9-13-5-3-2-4-6-13/h2-6,14,17,19-20H,7-12H2,1H3/t14-,16+/m1/s1. The van der Waals surface area contributed by atoms with Gasteiger partial charge in [0.05, 0.1) is 25.5 Å². The summed E-state index contributed by atoms with van der Waals surface area (Å²) in [5.41, 5.74) is 0.120. The molecule has 0 bridgehead atoms. The van der Waals surface area contributed by atoms with Crippen LogP contribution in [0.4, 0.5) is 0 Å². The summed E-state index contributed by atoms with van der Waals surface area (Å²) in [6, 6.07) is 9.48. The molecule has 0 radical (unpaired) electrons. The highest BCUT2D eigenvalue weighted by Gasteiger charge is 2.43. The fourth-order valence-corrected chi connectivity index (χ4v) is 3.44. The van der Waals surface area contributed by atoms with Crippen molar-refractivity contribution in [3.05, 3.63) is 35.9 Å². The Morgan fingerprint density at radius 1 is 1.38 bits per heavy atom. The van der Waals surface area contributed by atoms with Crippen LogP contribution >= 0.6 is 0 Å².